The molecule has 0 aromatic heterocycles. The van der Waals surface area contributed by atoms with Crippen molar-refractivity contribution in [2.45, 2.75) is 31.7 Å². The van der Waals surface area contributed by atoms with Crippen molar-refractivity contribution in [1.82, 2.24) is 9.80 Å². The van der Waals surface area contributed by atoms with E-state index in [2.05, 4.69) is 4.90 Å². The number of piperidine rings is 1. The monoisotopic (exact) mass is 348 g/mol. The molecule has 0 unspecified atom stereocenters. The molecule has 3 saturated heterocycles. The van der Waals surface area contributed by atoms with E-state index in [0.29, 0.717) is 22.7 Å². The van der Waals surface area contributed by atoms with Gasteiger partial charge in [0.2, 0.25) is 0 Å². The molecule has 1 aromatic rings. The molecular weight excluding hydrogens is 324 g/mol. The number of carbonyl (C=O) groups excluding carboxylic acids is 1. The average Bonchev–Trinajstić information content (AvgIpc) is 3.40. The van der Waals surface area contributed by atoms with Gasteiger partial charge in [0.1, 0.15) is 5.75 Å². The van der Waals surface area contributed by atoms with Gasteiger partial charge in [-0.2, -0.15) is 0 Å². The molecule has 4 aliphatic rings. The van der Waals surface area contributed by atoms with Gasteiger partial charge in [0, 0.05) is 37.2 Å². The topological polar surface area (TPSA) is 32.8 Å². The zero-order valence-electron chi connectivity index (χ0n) is 14.0. The third-order valence-corrected chi connectivity index (χ3v) is 5.76. The van der Waals surface area contributed by atoms with Crippen LogP contribution in [0.3, 0.4) is 0 Å². The molecule has 2 bridgehead atoms. The van der Waals surface area contributed by atoms with Crippen LogP contribution in [0.25, 0.3) is 0 Å². The maximum absolute atomic E-state index is 12.6. The van der Waals surface area contributed by atoms with Crippen molar-refractivity contribution >= 4 is 17.5 Å². The number of nitrogens with zero attached hydrogens (tertiary/aromatic N) is 2. The number of rotatable bonds is 5. The van der Waals surface area contributed by atoms with Crippen molar-refractivity contribution in [2.75, 3.05) is 32.8 Å². The summed E-state index contributed by atoms with van der Waals surface area (Å²) in [7, 11) is 0. The van der Waals surface area contributed by atoms with Crippen molar-refractivity contribution in [1.29, 1.82) is 0 Å². The minimum atomic E-state index is 0.0974. The molecule has 130 valence electrons. The lowest BCUT2D eigenvalue weighted by molar-refractivity contribution is -0.133. The molecule has 1 aliphatic carbocycles. The summed E-state index contributed by atoms with van der Waals surface area (Å²) in [5.74, 6) is 2.29. The van der Waals surface area contributed by atoms with Gasteiger partial charge in [-0.3, -0.25) is 9.69 Å². The van der Waals surface area contributed by atoms with Gasteiger partial charge in [0.05, 0.1) is 0 Å². The van der Waals surface area contributed by atoms with Crippen molar-refractivity contribution < 1.29 is 9.53 Å². The first-order chi connectivity index (χ1) is 11.7. The van der Waals surface area contributed by atoms with Gasteiger partial charge in [0.15, 0.2) is 6.61 Å². The lowest BCUT2D eigenvalue weighted by Gasteiger charge is -2.36. The summed E-state index contributed by atoms with van der Waals surface area (Å²) in [6.45, 7) is 4.25. The third-order valence-electron chi connectivity index (χ3n) is 5.53. The minimum absolute atomic E-state index is 0.0974. The van der Waals surface area contributed by atoms with Crippen LogP contribution in [0.5, 0.6) is 5.75 Å². The van der Waals surface area contributed by atoms with E-state index in [9.17, 15) is 4.79 Å². The van der Waals surface area contributed by atoms with E-state index in [4.69, 9.17) is 16.3 Å². The van der Waals surface area contributed by atoms with Crippen molar-refractivity contribution in [2.24, 2.45) is 11.8 Å². The number of amides is 1. The predicted octanol–water partition coefficient (Wildman–Crippen LogP) is 3.05. The second-order valence-electron chi connectivity index (χ2n) is 7.54. The number of halogens is 1. The third kappa shape index (κ3) is 3.86. The van der Waals surface area contributed by atoms with Gasteiger partial charge in [-0.25, -0.2) is 0 Å². The quantitative estimate of drug-likeness (QED) is 0.820. The van der Waals surface area contributed by atoms with Gasteiger partial charge in [-0.05, 0) is 55.7 Å². The molecule has 5 rings (SSSR count). The van der Waals surface area contributed by atoms with Crippen molar-refractivity contribution in [3.05, 3.63) is 29.3 Å². The molecule has 1 aromatic carbocycles. The molecule has 3 aliphatic heterocycles. The summed E-state index contributed by atoms with van der Waals surface area (Å²) in [6.07, 6.45) is 5.27. The van der Waals surface area contributed by atoms with Crippen LogP contribution in [0.1, 0.15) is 25.7 Å². The molecule has 0 spiro atoms. The van der Waals surface area contributed by atoms with Gasteiger partial charge < -0.3 is 9.64 Å². The van der Waals surface area contributed by atoms with E-state index in [1.165, 1.54) is 38.8 Å². The standard InChI is InChI=1S/C19H25ClN2O2/c20-16-2-1-3-18(8-16)24-13-19(23)22-11-15-6-7-17(12-22)21(10-15)9-14-4-5-14/h1-3,8,14-15,17H,4-7,9-13H2/t15-,17-/m0/s1. The summed E-state index contributed by atoms with van der Waals surface area (Å²) in [4.78, 5) is 17.3. The number of carbonyl (C=O) groups is 1. The lowest BCUT2D eigenvalue weighted by atomic mass is 9.95. The Morgan fingerprint density at radius 1 is 1.17 bits per heavy atom. The smallest absolute Gasteiger partial charge is 0.260 e. The molecule has 24 heavy (non-hydrogen) atoms. The molecule has 5 heteroatoms. The number of hydrogen-bond donors (Lipinski definition) is 0. The van der Waals surface area contributed by atoms with E-state index in [0.717, 1.165) is 19.0 Å². The van der Waals surface area contributed by atoms with Crippen molar-refractivity contribution in [3.8, 4) is 5.75 Å². The number of hydrogen-bond acceptors (Lipinski definition) is 3. The molecule has 4 nitrogen and oxygen atoms in total. The van der Waals surface area contributed by atoms with Gasteiger partial charge in [0.25, 0.3) is 5.91 Å². The number of fused-ring (bicyclic) bond motifs is 4. The Bertz CT molecular complexity index is 605. The first kappa shape index (κ1) is 16.2. The Labute approximate surface area is 148 Å². The summed E-state index contributed by atoms with van der Waals surface area (Å²) in [5.41, 5.74) is 0. The fourth-order valence-electron chi connectivity index (χ4n) is 4.03. The van der Waals surface area contributed by atoms with E-state index >= 15 is 0 Å². The Kier molecular flexibility index (Phi) is 4.68. The highest BCUT2D eigenvalue weighted by molar-refractivity contribution is 6.30. The highest BCUT2D eigenvalue weighted by atomic mass is 35.5. The molecule has 0 N–H and O–H groups in total. The van der Waals surface area contributed by atoms with Crippen LogP contribution >= 0.6 is 11.6 Å². The maximum Gasteiger partial charge on any atom is 0.260 e. The fraction of sp³-hybridized carbons (Fsp3) is 0.632. The van der Waals surface area contributed by atoms with E-state index in [1.54, 1.807) is 12.1 Å². The first-order valence-electron chi connectivity index (χ1n) is 9.07. The second kappa shape index (κ2) is 6.93. The van der Waals surface area contributed by atoms with Crippen LogP contribution in [0, 0.1) is 11.8 Å². The van der Waals surface area contributed by atoms with E-state index < -0.39 is 0 Å². The normalized spacial score (nSPS) is 27.1. The van der Waals surface area contributed by atoms with E-state index in [1.807, 2.05) is 17.0 Å². The van der Waals surface area contributed by atoms with Crippen LogP contribution in [0.4, 0.5) is 0 Å². The lowest BCUT2D eigenvalue weighted by Crippen LogP contribution is -2.45. The zero-order valence-corrected chi connectivity index (χ0v) is 14.8. The first-order valence-corrected chi connectivity index (χ1v) is 9.45. The summed E-state index contributed by atoms with van der Waals surface area (Å²) >= 11 is 5.96. The van der Waals surface area contributed by atoms with E-state index in [-0.39, 0.29) is 12.5 Å². The molecule has 3 heterocycles. The molecule has 0 radical (unpaired) electrons. The van der Waals surface area contributed by atoms with Gasteiger partial charge >= 0.3 is 0 Å². The SMILES string of the molecule is O=C(COc1cccc(Cl)c1)N1C[C@H]2CC[C@@H](C1)N(CC1CC1)C2. The molecule has 4 fully saturated rings. The van der Waals surface area contributed by atoms with Crippen LogP contribution in [-0.4, -0.2) is 54.5 Å². The Morgan fingerprint density at radius 2 is 2.04 bits per heavy atom. The number of benzene rings is 1. The fourth-order valence-corrected chi connectivity index (χ4v) is 4.21. The zero-order chi connectivity index (χ0) is 16.5. The summed E-state index contributed by atoms with van der Waals surface area (Å²) < 4.78 is 5.65. The molecule has 1 amide bonds. The van der Waals surface area contributed by atoms with Crippen LogP contribution in [0.2, 0.25) is 5.02 Å². The number of ether oxygens (including phenoxy) is 1. The summed E-state index contributed by atoms with van der Waals surface area (Å²) in [5, 5.41) is 0.628. The molecule has 2 atom stereocenters. The largest absolute Gasteiger partial charge is 0.484 e. The highest BCUT2D eigenvalue weighted by Gasteiger charge is 2.38. The summed E-state index contributed by atoms with van der Waals surface area (Å²) in [6, 6.07) is 7.77. The van der Waals surface area contributed by atoms with Crippen LogP contribution < -0.4 is 4.74 Å². The van der Waals surface area contributed by atoms with Gasteiger partial charge in [-0.15, -0.1) is 0 Å². The highest BCUT2D eigenvalue weighted by Crippen LogP contribution is 2.34. The predicted molar refractivity (Wildman–Crippen MR) is 94.3 cm³/mol. The molecule has 1 saturated carbocycles. The maximum atomic E-state index is 12.6. The Morgan fingerprint density at radius 3 is 2.83 bits per heavy atom. The Hall–Kier alpha value is -1.26. The molecular formula is C19H25ClN2O2. The second-order valence-corrected chi connectivity index (χ2v) is 7.98. The van der Waals surface area contributed by atoms with Crippen molar-refractivity contribution in [3.63, 3.8) is 0 Å². The Balaban J connectivity index is 1.34. The van der Waals surface area contributed by atoms with Gasteiger partial charge in [-0.1, -0.05) is 17.7 Å². The van der Waals surface area contributed by atoms with Crippen LogP contribution in [0.15, 0.2) is 24.3 Å². The average molecular weight is 349 g/mol. The minimum Gasteiger partial charge on any atom is -0.484 e. The van der Waals surface area contributed by atoms with Crippen LogP contribution in [-0.2, 0) is 4.79 Å².